The van der Waals surface area contributed by atoms with Crippen LogP contribution >= 0.6 is 0 Å². The van der Waals surface area contributed by atoms with Gasteiger partial charge in [-0.15, -0.1) is 0 Å². The van der Waals surface area contributed by atoms with Crippen LogP contribution in [0.4, 0.5) is 0 Å². The molecule has 1 fully saturated rings. The Morgan fingerprint density at radius 1 is 1.40 bits per heavy atom. The summed E-state index contributed by atoms with van der Waals surface area (Å²) in [5.74, 6) is 1.97. The fourth-order valence-corrected chi connectivity index (χ4v) is 2.06. The Morgan fingerprint density at radius 3 is 3.00 bits per heavy atom. The molecule has 2 aliphatic heterocycles. The summed E-state index contributed by atoms with van der Waals surface area (Å²) in [7, 11) is 0. The molecule has 0 spiro atoms. The highest BCUT2D eigenvalue weighted by molar-refractivity contribution is 5.42. The van der Waals surface area contributed by atoms with Crippen molar-refractivity contribution >= 4 is 0 Å². The standard InChI is InChI=1S/C12H15NO2/c1-12(7-13-8-12)15-10-2-3-11-9(6-10)4-5-14-11/h2-3,6,13H,4-5,7-8H2,1H3. The van der Waals surface area contributed by atoms with Gasteiger partial charge in [-0.1, -0.05) is 0 Å². The molecule has 0 amide bonds. The molecule has 0 bridgehead atoms. The third-order valence-corrected chi connectivity index (χ3v) is 3.02. The molecule has 2 aliphatic rings. The zero-order valence-electron chi connectivity index (χ0n) is 8.88. The Labute approximate surface area is 89.4 Å². The van der Waals surface area contributed by atoms with E-state index in [1.165, 1.54) is 5.56 Å². The molecule has 0 saturated carbocycles. The van der Waals surface area contributed by atoms with E-state index in [2.05, 4.69) is 18.3 Å². The highest BCUT2D eigenvalue weighted by atomic mass is 16.5. The molecule has 1 aromatic rings. The summed E-state index contributed by atoms with van der Waals surface area (Å²) in [6.45, 7) is 4.80. The first-order chi connectivity index (χ1) is 7.25. The average Bonchev–Trinajstić information content (AvgIpc) is 2.62. The minimum absolute atomic E-state index is 0.0201. The lowest BCUT2D eigenvalue weighted by Crippen LogP contribution is -2.61. The lowest BCUT2D eigenvalue weighted by atomic mass is 10.00. The third kappa shape index (κ3) is 1.57. The van der Waals surface area contributed by atoms with Gasteiger partial charge >= 0.3 is 0 Å². The molecular formula is C12H15NO2. The molecule has 15 heavy (non-hydrogen) atoms. The molecule has 3 heteroatoms. The Balaban J connectivity index is 1.81. The van der Waals surface area contributed by atoms with Crippen LogP contribution in [0.1, 0.15) is 12.5 Å². The number of fused-ring (bicyclic) bond motifs is 1. The summed E-state index contributed by atoms with van der Waals surface area (Å²) in [5.41, 5.74) is 1.25. The van der Waals surface area contributed by atoms with E-state index in [0.29, 0.717) is 0 Å². The molecule has 1 N–H and O–H groups in total. The van der Waals surface area contributed by atoms with E-state index in [0.717, 1.165) is 37.6 Å². The first kappa shape index (κ1) is 9.04. The van der Waals surface area contributed by atoms with Crippen molar-refractivity contribution in [3.63, 3.8) is 0 Å². The van der Waals surface area contributed by atoms with Crippen molar-refractivity contribution in [1.29, 1.82) is 0 Å². The average molecular weight is 205 g/mol. The lowest BCUT2D eigenvalue weighted by molar-refractivity contribution is 0.0348. The topological polar surface area (TPSA) is 30.5 Å². The van der Waals surface area contributed by atoms with Crippen molar-refractivity contribution < 1.29 is 9.47 Å². The van der Waals surface area contributed by atoms with Crippen LogP contribution in [0.3, 0.4) is 0 Å². The van der Waals surface area contributed by atoms with E-state index in [4.69, 9.17) is 9.47 Å². The number of hydrogen-bond donors (Lipinski definition) is 1. The van der Waals surface area contributed by atoms with Gasteiger partial charge in [-0.2, -0.15) is 0 Å². The van der Waals surface area contributed by atoms with E-state index in [1.54, 1.807) is 0 Å². The minimum Gasteiger partial charge on any atom is -0.493 e. The van der Waals surface area contributed by atoms with Gasteiger partial charge in [0.1, 0.15) is 17.1 Å². The molecule has 1 saturated heterocycles. The fourth-order valence-electron chi connectivity index (χ4n) is 2.06. The van der Waals surface area contributed by atoms with Crippen molar-refractivity contribution in [2.45, 2.75) is 18.9 Å². The quantitative estimate of drug-likeness (QED) is 0.790. The van der Waals surface area contributed by atoms with Crippen molar-refractivity contribution in [2.75, 3.05) is 19.7 Å². The zero-order valence-corrected chi connectivity index (χ0v) is 8.88. The van der Waals surface area contributed by atoms with Crippen molar-refractivity contribution in [3.8, 4) is 11.5 Å². The second-order valence-corrected chi connectivity index (χ2v) is 4.52. The number of hydrogen-bond acceptors (Lipinski definition) is 3. The Kier molecular flexibility index (Phi) is 1.89. The van der Waals surface area contributed by atoms with Crippen LogP contribution in [0.15, 0.2) is 18.2 Å². The maximum absolute atomic E-state index is 5.94. The third-order valence-electron chi connectivity index (χ3n) is 3.02. The van der Waals surface area contributed by atoms with Crippen LogP contribution < -0.4 is 14.8 Å². The largest absolute Gasteiger partial charge is 0.493 e. The molecule has 0 radical (unpaired) electrons. The summed E-state index contributed by atoms with van der Waals surface area (Å²) in [6.07, 6.45) is 1.00. The van der Waals surface area contributed by atoms with Gasteiger partial charge in [0.15, 0.2) is 0 Å². The Hall–Kier alpha value is -1.22. The van der Waals surface area contributed by atoms with Gasteiger partial charge in [-0.05, 0) is 25.1 Å². The van der Waals surface area contributed by atoms with Gasteiger partial charge in [-0.25, -0.2) is 0 Å². The predicted octanol–water partition coefficient (Wildman–Crippen LogP) is 1.36. The van der Waals surface area contributed by atoms with Crippen molar-refractivity contribution in [1.82, 2.24) is 5.32 Å². The number of benzene rings is 1. The Morgan fingerprint density at radius 2 is 2.27 bits per heavy atom. The Bertz CT molecular complexity index is 385. The molecule has 0 unspecified atom stereocenters. The molecular weight excluding hydrogens is 190 g/mol. The molecule has 0 atom stereocenters. The molecule has 80 valence electrons. The van der Waals surface area contributed by atoms with Gasteiger partial charge in [0.05, 0.1) is 6.61 Å². The smallest absolute Gasteiger partial charge is 0.131 e. The van der Waals surface area contributed by atoms with Crippen LogP contribution in [0.25, 0.3) is 0 Å². The van der Waals surface area contributed by atoms with E-state index in [1.807, 2.05) is 12.1 Å². The van der Waals surface area contributed by atoms with Crippen molar-refractivity contribution in [3.05, 3.63) is 23.8 Å². The molecule has 2 heterocycles. The fraction of sp³-hybridized carbons (Fsp3) is 0.500. The summed E-state index contributed by atoms with van der Waals surface area (Å²) in [4.78, 5) is 0. The predicted molar refractivity (Wildman–Crippen MR) is 57.5 cm³/mol. The maximum Gasteiger partial charge on any atom is 0.131 e. The van der Waals surface area contributed by atoms with E-state index >= 15 is 0 Å². The van der Waals surface area contributed by atoms with Gasteiger partial charge < -0.3 is 14.8 Å². The van der Waals surface area contributed by atoms with Crippen LogP contribution in [0, 0.1) is 0 Å². The van der Waals surface area contributed by atoms with Crippen LogP contribution in [-0.4, -0.2) is 25.3 Å². The lowest BCUT2D eigenvalue weighted by Gasteiger charge is -2.39. The van der Waals surface area contributed by atoms with Gasteiger partial charge in [-0.3, -0.25) is 0 Å². The SMILES string of the molecule is CC1(Oc2ccc3c(c2)CCO3)CNC1. The summed E-state index contributed by atoms with van der Waals surface area (Å²) in [6, 6.07) is 6.10. The number of ether oxygens (including phenoxy) is 2. The minimum atomic E-state index is -0.0201. The number of nitrogens with one attached hydrogen (secondary N) is 1. The number of rotatable bonds is 2. The van der Waals surface area contributed by atoms with E-state index in [9.17, 15) is 0 Å². The van der Waals surface area contributed by atoms with E-state index in [-0.39, 0.29) is 5.60 Å². The summed E-state index contributed by atoms with van der Waals surface area (Å²) in [5, 5.41) is 3.22. The first-order valence-electron chi connectivity index (χ1n) is 5.41. The summed E-state index contributed by atoms with van der Waals surface area (Å²) < 4.78 is 11.4. The van der Waals surface area contributed by atoms with Crippen LogP contribution in [-0.2, 0) is 6.42 Å². The molecule has 3 rings (SSSR count). The maximum atomic E-state index is 5.94. The first-order valence-corrected chi connectivity index (χ1v) is 5.41. The highest BCUT2D eigenvalue weighted by Gasteiger charge is 2.34. The normalized spacial score (nSPS) is 21.4. The van der Waals surface area contributed by atoms with E-state index < -0.39 is 0 Å². The molecule has 1 aromatic carbocycles. The molecule has 0 aromatic heterocycles. The molecule has 0 aliphatic carbocycles. The van der Waals surface area contributed by atoms with Crippen LogP contribution in [0.5, 0.6) is 11.5 Å². The van der Waals surface area contributed by atoms with Gasteiger partial charge in [0.2, 0.25) is 0 Å². The summed E-state index contributed by atoms with van der Waals surface area (Å²) >= 11 is 0. The second-order valence-electron chi connectivity index (χ2n) is 4.52. The zero-order chi connectivity index (χ0) is 10.3. The monoisotopic (exact) mass is 205 g/mol. The molecule has 3 nitrogen and oxygen atoms in total. The van der Waals surface area contributed by atoms with Gasteiger partial charge in [0.25, 0.3) is 0 Å². The van der Waals surface area contributed by atoms with Crippen LogP contribution in [0.2, 0.25) is 0 Å². The highest BCUT2D eigenvalue weighted by Crippen LogP contribution is 2.31. The van der Waals surface area contributed by atoms with Crippen molar-refractivity contribution in [2.24, 2.45) is 0 Å². The second kappa shape index (κ2) is 3.14. The van der Waals surface area contributed by atoms with Gasteiger partial charge in [0, 0.05) is 25.1 Å².